The van der Waals surface area contributed by atoms with Crippen molar-refractivity contribution in [2.45, 2.75) is 0 Å². The molecule has 0 aliphatic heterocycles. The molecule has 0 radical (unpaired) electrons. The Labute approximate surface area is 274 Å². The van der Waals surface area contributed by atoms with Crippen molar-refractivity contribution < 1.29 is 8.83 Å². The summed E-state index contributed by atoms with van der Waals surface area (Å²) >= 11 is 0. The minimum absolute atomic E-state index is 0.536. The zero-order valence-corrected chi connectivity index (χ0v) is 25.5. The number of rotatable bonds is 4. The Morgan fingerprint density at radius 3 is 1.90 bits per heavy atom. The summed E-state index contributed by atoms with van der Waals surface area (Å²) in [5, 5.41) is 6.04. The average molecular weight is 617 g/mol. The van der Waals surface area contributed by atoms with Gasteiger partial charge in [-0.1, -0.05) is 115 Å². The lowest BCUT2D eigenvalue weighted by Crippen LogP contribution is -2.01. The lowest BCUT2D eigenvalue weighted by atomic mass is 9.99. The highest BCUT2D eigenvalue weighted by molar-refractivity contribution is 6.23. The van der Waals surface area contributed by atoms with Crippen LogP contribution in [0.25, 0.3) is 100 Å². The zero-order chi connectivity index (χ0) is 31.6. The molecule has 3 heterocycles. The molecule has 6 heteroatoms. The SMILES string of the molecule is c1ccc(-c2nc(-c3cccc4ccccc34)nc(-c3c4ccccc4cc4c3oc3ccc5oc(-c6ccccc6)nc5c34)n2)cc1. The highest BCUT2D eigenvalue weighted by Gasteiger charge is 2.23. The van der Waals surface area contributed by atoms with Crippen molar-refractivity contribution in [3.63, 3.8) is 0 Å². The molecular formula is C42H24N4O2. The monoisotopic (exact) mass is 616 g/mol. The Bertz CT molecular complexity index is 2830. The second-order valence-corrected chi connectivity index (χ2v) is 11.8. The van der Waals surface area contributed by atoms with Crippen LogP contribution < -0.4 is 0 Å². The average Bonchev–Trinajstić information content (AvgIpc) is 3.76. The van der Waals surface area contributed by atoms with Crippen molar-refractivity contribution in [3.05, 3.63) is 146 Å². The molecule has 7 aromatic carbocycles. The van der Waals surface area contributed by atoms with Crippen molar-refractivity contribution in [3.8, 4) is 45.6 Å². The van der Waals surface area contributed by atoms with Gasteiger partial charge in [0.05, 0.1) is 10.9 Å². The van der Waals surface area contributed by atoms with Crippen LogP contribution in [0.15, 0.2) is 154 Å². The molecule has 0 saturated heterocycles. The van der Waals surface area contributed by atoms with E-state index < -0.39 is 0 Å². The zero-order valence-electron chi connectivity index (χ0n) is 25.5. The summed E-state index contributed by atoms with van der Waals surface area (Å²) in [6.07, 6.45) is 0. The number of nitrogens with zero attached hydrogens (tertiary/aromatic N) is 4. The summed E-state index contributed by atoms with van der Waals surface area (Å²) in [5.41, 5.74) is 6.42. The van der Waals surface area contributed by atoms with Gasteiger partial charge in [0.2, 0.25) is 5.89 Å². The van der Waals surface area contributed by atoms with Crippen molar-refractivity contribution in [1.29, 1.82) is 0 Å². The van der Waals surface area contributed by atoms with Crippen LogP contribution in [-0.4, -0.2) is 19.9 Å². The van der Waals surface area contributed by atoms with Gasteiger partial charge >= 0.3 is 0 Å². The van der Waals surface area contributed by atoms with E-state index in [1.165, 1.54) is 0 Å². The molecule has 0 saturated carbocycles. The van der Waals surface area contributed by atoms with Gasteiger partial charge in [0.25, 0.3) is 0 Å². The molecule has 6 nitrogen and oxygen atoms in total. The first-order valence-electron chi connectivity index (χ1n) is 15.8. The number of hydrogen-bond donors (Lipinski definition) is 0. The molecule has 0 N–H and O–H groups in total. The molecule has 0 spiro atoms. The summed E-state index contributed by atoms with van der Waals surface area (Å²) in [7, 11) is 0. The largest absolute Gasteiger partial charge is 0.455 e. The molecule has 224 valence electrons. The van der Waals surface area contributed by atoms with E-state index in [0.717, 1.165) is 60.1 Å². The molecule has 10 rings (SSSR count). The topological polar surface area (TPSA) is 77.8 Å². The Morgan fingerprint density at radius 2 is 1.06 bits per heavy atom. The number of benzene rings is 7. The molecule has 0 bridgehead atoms. The molecule has 0 aliphatic rings. The lowest BCUT2D eigenvalue weighted by Gasteiger charge is -2.12. The molecule has 0 unspecified atom stereocenters. The highest BCUT2D eigenvalue weighted by Crippen LogP contribution is 2.43. The summed E-state index contributed by atoms with van der Waals surface area (Å²) in [6, 6.07) is 48.9. The van der Waals surface area contributed by atoms with E-state index in [1.807, 2.05) is 103 Å². The third-order valence-electron chi connectivity index (χ3n) is 8.95. The van der Waals surface area contributed by atoms with Crippen LogP contribution in [0.5, 0.6) is 0 Å². The number of furan rings is 1. The fourth-order valence-corrected chi connectivity index (χ4v) is 6.72. The summed E-state index contributed by atoms with van der Waals surface area (Å²) < 4.78 is 13.0. The molecule has 0 fully saturated rings. The van der Waals surface area contributed by atoms with Crippen LogP contribution in [0, 0.1) is 0 Å². The van der Waals surface area contributed by atoms with Gasteiger partial charge in [0.1, 0.15) is 16.7 Å². The van der Waals surface area contributed by atoms with Gasteiger partial charge in [-0.2, -0.15) is 0 Å². The smallest absolute Gasteiger partial charge is 0.227 e. The Balaban J connectivity index is 1.30. The Morgan fingerprint density at radius 1 is 0.417 bits per heavy atom. The van der Waals surface area contributed by atoms with Crippen LogP contribution in [0.3, 0.4) is 0 Å². The third kappa shape index (κ3) is 4.13. The van der Waals surface area contributed by atoms with Crippen molar-refractivity contribution in [2.24, 2.45) is 0 Å². The van der Waals surface area contributed by atoms with Crippen molar-refractivity contribution in [1.82, 2.24) is 19.9 Å². The minimum atomic E-state index is 0.536. The molecular weight excluding hydrogens is 592 g/mol. The van der Waals surface area contributed by atoms with E-state index in [0.29, 0.717) is 40.1 Å². The van der Waals surface area contributed by atoms with E-state index in [-0.39, 0.29) is 0 Å². The molecule has 0 atom stereocenters. The second-order valence-electron chi connectivity index (χ2n) is 11.8. The summed E-state index contributed by atoms with van der Waals surface area (Å²) in [4.78, 5) is 20.4. The van der Waals surface area contributed by atoms with E-state index in [9.17, 15) is 0 Å². The maximum Gasteiger partial charge on any atom is 0.227 e. The minimum Gasteiger partial charge on any atom is -0.455 e. The molecule has 0 aliphatic carbocycles. The molecule has 48 heavy (non-hydrogen) atoms. The van der Waals surface area contributed by atoms with Gasteiger partial charge in [-0.15, -0.1) is 0 Å². The number of hydrogen-bond acceptors (Lipinski definition) is 6. The first kappa shape index (κ1) is 26.5. The van der Waals surface area contributed by atoms with Gasteiger partial charge in [-0.3, -0.25) is 0 Å². The predicted octanol–water partition coefficient (Wildman–Crippen LogP) is 10.9. The molecule has 0 amide bonds. The molecule has 10 aromatic rings. The van der Waals surface area contributed by atoms with Gasteiger partial charge < -0.3 is 8.83 Å². The first-order chi connectivity index (χ1) is 23.8. The van der Waals surface area contributed by atoms with Crippen molar-refractivity contribution in [2.75, 3.05) is 0 Å². The van der Waals surface area contributed by atoms with Crippen LogP contribution in [0.2, 0.25) is 0 Å². The Kier molecular flexibility index (Phi) is 5.77. The summed E-state index contributed by atoms with van der Waals surface area (Å²) in [6.45, 7) is 0. The van der Waals surface area contributed by atoms with Crippen LogP contribution in [-0.2, 0) is 0 Å². The van der Waals surface area contributed by atoms with Gasteiger partial charge in [-0.25, -0.2) is 19.9 Å². The third-order valence-corrected chi connectivity index (χ3v) is 8.95. The maximum absolute atomic E-state index is 6.75. The van der Waals surface area contributed by atoms with Gasteiger partial charge in [-0.05, 0) is 51.9 Å². The predicted molar refractivity (Wildman–Crippen MR) is 191 cm³/mol. The van der Waals surface area contributed by atoms with Crippen LogP contribution in [0.1, 0.15) is 0 Å². The number of fused-ring (bicyclic) bond motifs is 7. The standard InChI is InChI=1S/C42H24N4O2/c1-3-13-26(14-4-1)39-44-40(31-21-11-18-25-12-7-9-19-29(25)31)46-41(45-39)36-30-20-10-8-17-28(30)24-32-35-33(47-38(32)36)22-23-34-37(35)43-42(48-34)27-15-5-2-6-16-27/h1-24H. The highest BCUT2D eigenvalue weighted by atomic mass is 16.4. The normalized spacial score (nSPS) is 11.8. The number of aromatic nitrogens is 4. The fourth-order valence-electron chi connectivity index (χ4n) is 6.72. The summed E-state index contributed by atoms with van der Waals surface area (Å²) in [5.74, 6) is 2.29. The van der Waals surface area contributed by atoms with Crippen LogP contribution in [0.4, 0.5) is 0 Å². The second kappa shape index (κ2) is 10.4. The lowest BCUT2D eigenvalue weighted by molar-refractivity contribution is 0.619. The van der Waals surface area contributed by atoms with Crippen molar-refractivity contribution >= 4 is 54.6 Å². The quantitative estimate of drug-likeness (QED) is 0.196. The molecule has 3 aromatic heterocycles. The van der Waals surface area contributed by atoms with E-state index in [4.69, 9.17) is 28.8 Å². The van der Waals surface area contributed by atoms with Crippen LogP contribution >= 0.6 is 0 Å². The van der Waals surface area contributed by atoms with Gasteiger partial charge in [0, 0.05) is 22.1 Å². The number of oxazole rings is 1. The van der Waals surface area contributed by atoms with E-state index in [1.54, 1.807) is 0 Å². The first-order valence-corrected chi connectivity index (χ1v) is 15.8. The maximum atomic E-state index is 6.75. The van der Waals surface area contributed by atoms with E-state index in [2.05, 4.69) is 42.5 Å². The van der Waals surface area contributed by atoms with Gasteiger partial charge in [0.15, 0.2) is 23.1 Å². The fraction of sp³-hybridized carbons (Fsp3) is 0. The van der Waals surface area contributed by atoms with E-state index >= 15 is 0 Å². The Hall–Kier alpha value is -6.66.